The van der Waals surface area contributed by atoms with Crippen molar-refractivity contribution in [1.29, 1.82) is 5.26 Å². The first-order valence-electron chi connectivity index (χ1n) is 7.74. The summed E-state index contributed by atoms with van der Waals surface area (Å²) >= 11 is 0. The second kappa shape index (κ2) is 7.87. The normalized spacial score (nSPS) is 12.4. The van der Waals surface area contributed by atoms with Crippen molar-refractivity contribution < 1.29 is 14.3 Å². The van der Waals surface area contributed by atoms with Gasteiger partial charge >= 0.3 is 0 Å². The summed E-state index contributed by atoms with van der Waals surface area (Å²) in [6.45, 7) is 9.83. The molecule has 23 heavy (non-hydrogen) atoms. The van der Waals surface area contributed by atoms with Crippen molar-refractivity contribution in [1.82, 2.24) is 5.32 Å². The van der Waals surface area contributed by atoms with E-state index in [0.29, 0.717) is 24.0 Å². The standard InChI is InChI=1S/C18H26N2O3/c1-12(2)10-23-15-8-7-14(9-16(15)22-6)13(3)20-17(21)18(4,5)11-19/h7-9,12-13H,10H2,1-6H3,(H,20,21). The lowest BCUT2D eigenvalue weighted by atomic mass is 9.94. The Labute approximate surface area is 138 Å². The molecule has 1 N–H and O–H groups in total. The Balaban J connectivity index is 2.88. The molecule has 0 aliphatic heterocycles. The lowest BCUT2D eigenvalue weighted by molar-refractivity contribution is -0.127. The van der Waals surface area contributed by atoms with Crippen LogP contribution < -0.4 is 14.8 Å². The van der Waals surface area contributed by atoms with Crippen LogP contribution in [0.5, 0.6) is 11.5 Å². The van der Waals surface area contributed by atoms with Crippen molar-refractivity contribution in [2.24, 2.45) is 11.3 Å². The van der Waals surface area contributed by atoms with Crippen LogP contribution in [0, 0.1) is 22.7 Å². The number of amides is 1. The monoisotopic (exact) mass is 318 g/mol. The molecule has 0 aliphatic carbocycles. The average molecular weight is 318 g/mol. The third-order valence-corrected chi connectivity index (χ3v) is 3.45. The molecule has 0 heterocycles. The molecule has 1 unspecified atom stereocenters. The number of nitrogens with zero attached hydrogens (tertiary/aromatic N) is 1. The van der Waals surface area contributed by atoms with E-state index in [-0.39, 0.29) is 11.9 Å². The van der Waals surface area contributed by atoms with Crippen LogP contribution in [0.3, 0.4) is 0 Å². The molecule has 0 bridgehead atoms. The molecule has 0 radical (unpaired) electrons. The highest BCUT2D eigenvalue weighted by atomic mass is 16.5. The van der Waals surface area contributed by atoms with Crippen molar-refractivity contribution in [2.75, 3.05) is 13.7 Å². The Morgan fingerprint density at radius 1 is 1.30 bits per heavy atom. The van der Waals surface area contributed by atoms with Gasteiger partial charge in [0.05, 0.1) is 25.8 Å². The Morgan fingerprint density at radius 2 is 1.96 bits per heavy atom. The quantitative estimate of drug-likeness (QED) is 0.835. The highest BCUT2D eigenvalue weighted by Crippen LogP contribution is 2.31. The lowest BCUT2D eigenvalue weighted by Gasteiger charge is -2.21. The van der Waals surface area contributed by atoms with Crippen LogP contribution in [0.4, 0.5) is 0 Å². The van der Waals surface area contributed by atoms with Gasteiger partial charge in [0.2, 0.25) is 5.91 Å². The van der Waals surface area contributed by atoms with E-state index in [2.05, 4.69) is 19.2 Å². The van der Waals surface area contributed by atoms with Gasteiger partial charge in [0.25, 0.3) is 0 Å². The van der Waals surface area contributed by atoms with Gasteiger partial charge in [-0.15, -0.1) is 0 Å². The maximum Gasteiger partial charge on any atom is 0.240 e. The summed E-state index contributed by atoms with van der Waals surface area (Å²) in [5.74, 6) is 1.43. The summed E-state index contributed by atoms with van der Waals surface area (Å²) in [5, 5.41) is 11.9. The maximum absolute atomic E-state index is 12.1. The Bertz CT molecular complexity index is 588. The van der Waals surface area contributed by atoms with E-state index < -0.39 is 5.41 Å². The minimum Gasteiger partial charge on any atom is -0.493 e. The summed E-state index contributed by atoms with van der Waals surface area (Å²) in [6, 6.07) is 7.35. The molecule has 1 aromatic carbocycles. The summed E-state index contributed by atoms with van der Waals surface area (Å²) in [4.78, 5) is 12.1. The number of hydrogen-bond acceptors (Lipinski definition) is 4. The number of benzene rings is 1. The molecule has 1 amide bonds. The second-order valence-electron chi connectivity index (χ2n) is 6.55. The molecule has 126 valence electrons. The fraction of sp³-hybridized carbons (Fsp3) is 0.556. The number of ether oxygens (including phenoxy) is 2. The van der Waals surface area contributed by atoms with E-state index in [1.54, 1.807) is 21.0 Å². The van der Waals surface area contributed by atoms with Gasteiger partial charge in [0, 0.05) is 0 Å². The number of nitrogens with one attached hydrogen (secondary N) is 1. The molecule has 0 saturated carbocycles. The fourth-order valence-electron chi connectivity index (χ4n) is 1.84. The van der Waals surface area contributed by atoms with Crippen molar-refractivity contribution in [2.45, 2.75) is 40.7 Å². The van der Waals surface area contributed by atoms with E-state index in [0.717, 1.165) is 5.56 Å². The third-order valence-electron chi connectivity index (χ3n) is 3.45. The molecule has 5 heteroatoms. The average Bonchev–Trinajstić information content (AvgIpc) is 2.52. The number of hydrogen-bond donors (Lipinski definition) is 1. The molecular formula is C18H26N2O3. The van der Waals surface area contributed by atoms with Crippen molar-refractivity contribution in [3.05, 3.63) is 23.8 Å². The number of nitriles is 1. The molecule has 1 rings (SSSR count). The van der Waals surface area contributed by atoms with E-state index >= 15 is 0 Å². The molecule has 1 atom stereocenters. The number of rotatable bonds is 7. The van der Waals surface area contributed by atoms with E-state index in [1.807, 2.05) is 31.2 Å². The van der Waals surface area contributed by atoms with Crippen LogP contribution in [0.1, 0.15) is 46.2 Å². The SMILES string of the molecule is COc1cc(C(C)NC(=O)C(C)(C)C#N)ccc1OCC(C)C. The largest absolute Gasteiger partial charge is 0.493 e. The Kier molecular flexibility index (Phi) is 6.44. The van der Waals surface area contributed by atoms with Gasteiger partial charge in [-0.2, -0.15) is 5.26 Å². The summed E-state index contributed by atoms with van der Waals surface area (Å²) in [7, 11) is 1.59. The van der Waals surface area contributed by atoms with Crippen LogP contribution in [0.2, 0.25) is 0 Å². The molecule has 0 fully saturated rings. The first-order chi connectivity index (χ1) is 10.7. The number of carbonyl (C=O) groups excluding carboxylic acids is 1. The van der Waals surface area contributed by atoms with Gasteiger partial charge in [-0.05, 0) is 44.4 Å². The molecule has 0 saturated heterocycles. The van der Waals surface area contributed by atoms with Crippen LogP contribution in [0.15, 0.2) is 18.2 Å². The molecule has 0 aliphatic rings. The highest BCUT2D eigenvalue weighted by molar-refractivity contribution is 5.84. The molecular weight excluding hydrogens is 292 g/mol. The van der Waals surface area contributed by atoms with E-state index in [4.69, 9.17) is 14.7 Å². The minimum atomic E-state index is -1.06. The zero-order valence-electron chi connectivity index (χ0n) is 14.8. The molecule has 5 nitrogen and oxygen atoms in total. The van der Waals surface area contributed by atoms with Crippen LogP contribution in [-0.4, -0.2) is 19.6 Å². The summed E-state index contributed by atoms with van der Waals surface area (Å²) < 4.78 is 11.1. The summed E-state index contributed by atoms with van der Waals surface area (Å²) in [5.41, 5.74) is -0.167. The molecule has 1 aromatic rings. The van der Waals surface area contributed by atoms with Gasteiger partial charge in [-0.25, -0.2) is 0 Å². The predicted octanol–water partition coefficient (Wildman–Crippen LogP) is 3.46. The summed E-state index contributed by atoms with van der Waals surface area (Å²) in [6.07, 6.45) is 0. The van der Waals surface area contributed by atoms with Gasteiger partial charge < -0.3 is 14.8 Å². The molecule has 0 aromatic heterocycles. The van der Waals surface area contributed by atoms with E-state index in [1.165, 1.54) is 0 Å². The van der Waals surface area contributed by atoms with Crippen molar-refractivity contribution in [3.8, 4) is 17.6 Å². The predicted molar refractivity (Wildman–Crippen MR) is 89.3 cm³/mol. The first kappa shape index (κ1) is 18.8. The van der Waals surface area contributed by atoms with Crippen LogP contribution in [-0.2, 0) is 4.79 Å². The van der Waals surface area contributed by atoms with Crippen LogP contribution in [0.25, 0.3) is 0 Å². The number of carbonyl (C=O) groups is 1. The zero-order valence-corrected chi connectivity index (χ0v) is 14.8. The van der Waals surface area contributed by atoms with E-state index in [9.17, 15) is 4.79 Å². The first-order valence-corrected chi connectivity index (χ1v) is 7.74. The minimum absolute atomic E-state index is 0.233. The zero-order chi connectivity index (χ0) is 17.6. The van der Waals surface area contributed by atoms with Gasteiger partial charge in [0.15, 0.2) is 11.5 Å². The Hall–Kier alpha value is -2.22. The smallest absolute Gasteiger partial charge is 0.240 e. The van der Waals surface area contributed by atoms with Crippen molar-refractivity contribution >= 4 is 5.91 Å². The third kappa shape index (κ3) is 5.17. The van der Waals surface area contributed by atoms with Gasteiger partial charge in [-0.1, -0.05) is 19.9 Å². The highest BCUT2D eigenvalue weighted by Gasteiger charge is 2.28. The lowest BCUT2D eigenvalue weighted by Crippen LogP contribution is -2.37. The number of methoxy groups -OCH3 is 1. The maximum atomic E-state index is 12.1. The van der Waals surface area contributed by atoms with Crippen molar-refractivity contribution in [3.63, 3.8) is 0 Å². The van der Waals surface area contributed by atoms with Gasteiger partial charge in [0.1, 0.15) is 5.41 Å². The Morgan fingerprint density at radius 3 is 2.48 bits per heavy atom. The molecule has 0 spiro atoms. The topological polar surface area (TPSA) is 71.3 Å². The van der Waals surface area contributed by atoms with Crippen LogP contribution >= 0.6 is 0 Å². The second-order valence-corrected chi connectivity index (χ2v) is 6.55. The van der Waals surface area contributed by atoms with Gasteiger partial charge in [-0.3, -0.25) is 4.79 Å². The fourth-order valence-corrected chi connectivity index (χ4v) is 1.84.